The largest absolute Gasteiger partial charge is 0.314 e. The van der Waals surface area contributed by atoms with Crippen LogP contribution >= 0.6 is 0 Å². The lowest BCUT2D eigenvalue weighted by Gasteiger charge is -2.32. The van der Waals surface area contributed by atoms with Gasteiger partial charge in [-0.15, -0.1) is 0 Å². The van der Waals surface area contributed by atoms with E-state index in [2.05, 4.69) is 12.2 Å². The van der Waals surface area contributed by atoms with Crippen molar-refractivity contribution < 1.29 is 8.42 Å². The van der Waals surface area contributed by atoms with Crippen LogP contribution < -0.4 is 5.32 Å². The molecule has 2 aliphatic rings. The molecule has 0 amide bonds. The van der Waals surface area contributed by atoms with Crippen molar-refractivity contribution in [3.05, 3.63) is 0 Å². The van der Waals surface area contributed by atoms with E-state index < -0.39 is 10.0 Å². The summed E-state index contributed by atoms with van der Waals surface area (Å²) in [5.74, 6) is 1.31. The van der Waals surface area contributed by atoms with Gasteiger partial charge in [-0.05, 0) is 51.0 Å². The van der Waals surface area contributed by atoms with Gasteiger partial charge in [0.05, 0.1) is 6.26 Å². The molecule has 4 nitrogen and oxygen atoms in total. The maximum atomic E-state index is 11.6. The Kier molecular flexibility index (Phi) is 5.26. The van der Waals surface area contributed by atoms with E-state index in [9.17, 15) is 8.42 Å². The topological polar surface area (TPSA) is 49.4 Å². The van der Waals surface area contributed by atoms with Gasteiger partial charge in [0.15, 0.2) is 0 Å². The minimum Gasteiger partial charge on any atom is -0.314 e. The maximum Gasteiger partial charge on any atom is 0.211 e. The summed E-state index contributed by atoms with van der Waals surface area (Å²) in [6.45, 7) is 4.65. The molecule has 1 saturated heterocycles. The maximum absolute atomic E-state index is 11.6. The molecule has 1 aliphatic heterocycles. The van der Waals surface area contributed by atoms with Crippen LogP contribution in [0.1, 0.15) is 45.4 Å². The first-order valence-corrected chi connectivity index (χ1v) is 9.50. The number of piperidine rings is 1. The SMILES string of the molecule is CC(NCC1CCCN(S(C)(=O)=O)C1)C1CCCC1. The molecule has 1 aliphatic carbocycles. The van der Waals surface area contributed by atoms with Crippen LogP contribution in [0.5, 0.6) is 0 Å². The second-order valence-electron chi connectivity index (χ2n) is 6.37. The normalized spacial score (nSPS) is 28.6. The summed E-state index contributed by atoms with van der Waals surface area (Å²) in [5, 5.41) is 3.64. The van der Waals surface area contributed by atoms with E-state index in [-0.39, 0.29) is 0 Å². The first-order chi connectivity index (χ1) is 8.97. The van der Waals surface area contributed by atoms with Crippen molar-refractivity contribution in [1.82, 2.24) is 9.62 Å². The molecule has 2 rings (SSSR count). The molecule has 0 radical (unpaired) electrons. The summed E-state index contributed by atoms with van der Waals surface area (Å²) in [4.78, 5) is 0. The lowest BCUT2D eigenvalue weighted by molar-refractivity contribution is 0.247. The van der Waals surface area contributed by atoms with Crippen molar-refractivity contribution in [3.8, 4) is 0 Å². The highest BCUT2D eigenvalue weighted by Gasteiger charge is 2.27. The smallest absolute Gasteiger partial charge is 0.211 e. The van der Waals surface area contributed by atoms with Crippen molar-refractivity contribution in [3.63, 3.8) is 0 Å². The van der Waals surface area contributed by atoms with Gasteiger partial charge >= 0.3 is 0 Å². The third-order valence-electron chi connectivity index (χ3n) is 4.79. The minimum absolute atomic E-state index is 0.479. The molecular weight excluding hydrogens is 260 g/mol. The van der Waals surface area contributed by atoms with Crippen molar-refractivity contribution in [2.75, 3.05) is 25.9 Å². The average Bonchev–Trinajstić information content (AvgIpc) is 2.89. The molecule has 5 heteroatoms. The van der Waals surface area contributed by atoms with Gasteiger partial charge in [-0.1, -0.05) is 12.8 Å². The molecule has 0 aromatic rings. The molecule has 1 N–H and O–H groups in total. The van der Waals surface area contributed by atoms with Crippen LogP contribution in [0.3, 0.4) is 0 Å². The van der Waals surface area contributed by atoms with Gasteiger partial charge in [0.25, 0.3) is 0 Å². The summed E-state index contributed by atoms with van der Waals surface area (Å²) in [7, 11) is -3.01. The first-order valence-electron chi connectivity index (χ1n) is 7.65. The Morgan fingerprint density at radius 3 is 2.53 bits per heavy atom. The zero-order chi connectivity index (χ0) is 13.9. The molecule has 0 bridgehead atoms. The summed E-state index contributed by atoms with van der Waals surface area (Å²) in [5.41, 5.74) is 0. The van der Waals surface area contributed by atoms with E-state index >= 15 is 0 Å². The molecule has 0 spiro atoms. The van der Waals surface area contributed by atoms with Crippen molar-refractivity contribution in [2.45, 2.75) is 51.5 Å². The number of nitrogens with zero attached hydrogens (tertiary/aromatic N) is 1. The third-order valence-corrected chi connectivity index (χ3v) is 6.06. The average molecular weight is 288 g/mol. The zero-order valence-electron chi connectivity index (χ0n) is 12.3. The highest BCUT2D eigenvalue weighted by molar-refractivity contribution is 7.88. The Morgan fingerprint density at radius 2 is 1.89 bits per heavy atom. The minimum atomic E-state index is -3.01. The van der Waals surface area contributed by atoms with Crippen LogP contribution in [0.2, 0.25) is 0 Å². The van der Waals surface area contributed by atoms with Gasteiger partial charge in [0.1, 0.15) is 0 Å². The summed E-state index contributed by atoms with van der Waals surface area (Å²) in [6, 6.07) is 0.580. The molecule has 1 saturated carbocycles. The monoisotopic (exact) mass is 288 g/mol. The fourth-order valence-corrected chi connectivity index (χ4v) is 4.41. The summed E-state index contributed by atoms with van der Waals surface area (Å²) < 4.78 is 24.8. The Balaban J connectivity index is 1.76. The van der Waals surface area contributed by atoms with Crippen LogP contribution in [0.25, 0.3) is 0 Å². The Morgan fingerprint density at radius 1 is 1.21 bits per heavy atom. The molecular formula is C14H28N2O2S. The van der Waals surface area contributed by atoms with Gasteiger partial charge in [0, 0.05) is 19.1 Å². The number of hydrogen-bond donors (Lipinski definition) is 1. The molecule has 2 atom stereocenters. The molecule has 19 heavy (non-hydrogen) atoms. The third kappa shape index (κ3) is 4.43. The second kappa shape index (κ2) is 6.55. The first kappa shape index (κ1) is 15.3. The Hall–Kier alpha value is -0.130. The summed E-state index contributed by atoms with van der Waals surface area (Å²) >= 11 is 0. The highest BCUT2D eigenvalue weighted by Crippen LogP contribution is 2.27. The van der Waals surface area contributed by atoms with Gasteiger partial charge in [-0.25, -0.2) is 12.7 Å². The van der Waals surface area contributed by atoms with Gasteiger partial charge in [-0.3, -0.25) is 0 Å². The van der Waals surface area contributed by atoms with Crippen LogP contribution in [0, 0.1) is 11.8 Å². The fraction of sp³-hybridized carbons (Fsp3) is 1.00. The van der Waals surface area contributed by atoms with Crippen molar-refractivity contribution in [1.29, 1.82) is 0 Å². The van der Waals surface area contributed by atoms with Gasteiger partial charge in [0.2, 0.25) is 10.0 Å². The van der Waals surface area contributed by atoms with Gasteiger partial charge in [-0.2, -0.15) is 0 Å². The molecule has 0 aromatic heterocycles. The fourth-order valence-electron chi connectivity index (χ4n) is 3.47. The summed E-state index contributed by atoms with van der Waals surface area (Å²) in [6.07, 6.45) is 8.93. The lowest BCUT2D eigenvalue weighted by Crippen LogP contribution is -2.44. The van der Waals surface area contributed by atoms with E-state index in [0.29, 0.717) is 25.0 Å². The Bertz CT molecular complexity index is 377. The van der Waals surface area contributed by atoms with E-state index in [1.165, 1.54) is 31.9 Å². The predicted octanol–water partition coefficient (Wildman–Crippen LogP) is 1.83. The number of nitrogens with one attached hydrogen (secondary N) is 1. The molecule has 0 aromatic carbocycles. The molecule has 112 valence electrons. The van der Waals surface area contributed by atoms with E-state index in [4.69, 9.17) is 0 Å². The van der Waals surface area contributed by atoms with Crippen LogP contribution in [-0.4, -0.2) is 44.7 Å². The standard InChI is InChI=1S/C14H28N2O2S/c1-12(14-7-3-4-8-14)15-10-13-6-5-9-16(11-13)19(2,17)18/h12-15H,3-11H2,1-2H3. The highest BCUT2D eigenvalue weighted by atomic mass is 32.2. The van der Waals surface area contributed by atoms with Gasteiger partial charge < -0.3 is 5.32 Å². The molecule has 1 heterocycles. The quantitative estimate of drug-likeness (QED) is 0.839. The van der Waals surface area contributed by atoms with Crippen LogP contribution in [-0.2, 0) is 10.0 Å². The Labute approximate surface area is 118 Å². The number of hydrogen-bond acceptors (Lipinski definition) is 3. The number of sulfonamides is 1. The van der Waals surface area contributed by atoms with Crippen molar-refractivity contribution >= 4 is 10.0 Å². The van der Waals surface area contributed by atoms with Crippen LogP contribution in [0.15, 0.2) is 0 Å². The van der Waals surface area contributed by atoms with E-state index in [1.54, 1.807) is 4.31 Å². The lowest BCUT2D eigenvalue weighted by atomic mass is 9.96. The van der Waals surface area contributed by atoms with Crippen LogP contribution in [0.4, 0.5) is 0 Å². The number of rotatable bonds is 5. The van der Waals surface area contributed by atoms with E-state index in [0.717, 1.165) is 25.3 Å². The molecule has 2 unspecified atom stereocenters. The van der Waals surface area contributed by atoms with Crippen molar-refractivity contribution in [2.24, 2.45) is 11.8 Å². The molecule has 2 fully saturated rings. The second-order valence-corrected chi connectivity index (χ2v) is 8.35. The van der Waals surface area contributed by atoms with E-state index in [1.807, 2.05) is 0 Å². The zero-order valence-corrected chi connectivity index (χ0v) is 13.1. The predicted molar refractivity (Wildman–Crippen MR) is 78.6 cm³/mol.